The third-order valence-corrected chi connectivity index (χ3v) is 1.98. The van der Waals surface area contributed by atoms with Gasteiger partial charge in [0.05, 0.1) is 12.5 Å². The Hall–Kier alpha value is -0.420. The predicted molar refractivity (Wildman–Crippen MR) is 44.2 cm³/mol. The maximum atomic E-state index is 10.9. The summed E-state index contributed by atoms with van der Waals surface area (Å²) in [5.41, 5.74) is 0. The number of rotatable bonds is 5. The normalized spacial score (nSPS) is 15.2. The Labute approximate surface area is 74.6 Å². The van der Waals surface area contributed by atoms with E-state index in [0.29, 0.717) is 13.0 Å². The van der Waals surface area contributed by atoms with E-state index in [9.17, 15) is 13.6 Å². The molecule has 2 atom stereocenters. The van der Waals surface area contributed by atoms with Gasteiger partial charge in [0.25, 0.3) is 0 Å². The van der Waals surface area contributed by atoms with Crippen LogP contribution >= 0.6 is 0 Å². The number of esters is 1. The molecule has 5 heteroatoms. The van der Waals surface area contributed by atoms with Crippen LogP contribution in [0.1, 0.15) is 20.3 Å². The fourth-order valence-corrected chi connectivity index (χ4v) is 1.22. The monoisotopic (exact) mass is 193 g/mol. The lowest BCUT2D eigenvalue weighted by molar-refractivity contribution is -0.147. The Bertz CT molecular complexity index is 169. The molecule has 72 valence electrons. The van der Waals surface area contributed by atoms with Gasteiger partial charge in [0, 0.05) is 5.75 Å². The quantitative estimate of drug-likeness (QED) is 0.470. The standard InChI is InChI=1S/C7H14O4S/c1-3-11-7(8)6(2)4-5-12(9)10/h6H,3-5H2,1-2H3,(H,9,10)/p-1. The molecular formula is C7H13O4S-. The first-order valence-corrected chi connectivity index (χ1v) is 5.04. The van der Waals surface area contributed by atoms with Crippen LogP contribution in [0.4, 0.5) is 0 Å². The molecule has 2 unspecified atom stereocenters. The average molecular weight is 193 g/mol. The van der Waals surface area contributed by atoms with E-state index in [1.807, 2.05) is 0 Å². The van der Waals surface area contributed by atoms with Crippen molar-refractivity contribution in [2.45, 2.75) is 20.3 Å². The van der Waals surface area contributed by atoms with E-state index in [0.717, 1.165) is 0 Å². The molecule has 0 heterocycles. The van der Waals surface area contributed by atoms with Gasteiger partial charge in [-0.15, -0.1) is 0 Å². The molecule has 0 aromatic rings. The molecule has 0 aromatic carbocycles. The van der Waals surface area contributed by atoms with E-state index < -0.39 is 11.1 Å². The molecule has 0 aliphatic rings. The van der Waals surface area contributed by atoms with Crippen molar-refractivity contribution in [3.8, 4) is 0 Å². The van der Waals surface area contributed by atoms with Crippen LogP contribution in [0.15, 0.2) is 0 Å². The number of hydrogen-bond donors (Lipinski definition) is 0. The Kier molecular flexibility index (Phi) is 5.92. The maximum absolute atomic E-state index is 10.9. The summed E-state index contributed by atoms with van der Waals surface area (Å²) in [4.78, 5) is 10.9. The lowest BCUT2D eigenvalue weighted by atomic mass is 10.1. The molecule has 0 amide bonds. The van der Waals surface area contributed by atoms with Gasteiger partial charge in [0.15, 0.2) is 0 Å². The van der Waals surface area contributed by atoms with Gasteiger partial charge in [-0.2, -0.15) is 0 Å². The van der Waals surface area contributed by atoms with E-state index in [4.69, 9.17) is 4.74 Å². The highest BCUT2D eigenvalue weighted by molar-refractivity contribution is 7.79. The lowest BCUT2D eigenvalue weighted by Gasteiger charge is -2.10. The topological polar surface area (TPSA) is 66.4 Å². The molecule has 0 saturated heterocycles. The molecule has 0 spiro atoms. The zero-order chi connectivity index (χ0) is 9.56. The molecule has 0 N–H and O–H groups in total. The first kappa shape index (κ1) is 11.6. The molecule has 0 rings (SSSR count). The van der Waals surface area contributed by atoms with Crippen LogP contribution in [0.3, 0.4) is 0 Å². The van der Waals surface area contributed by atoms with Gasteiger partial charge >= 0.3 is 5.97 Å². The highest BCUT2D eigenvalue weighted by atomic mass is 32.2. The summed E-state index contributed by atoms with van der Waals surface area (Å²) in [6.45, 7) is 3.71. The number of carbonyl (C=O) groups excluding carboxylic acids is 1. The zero-order valence-electron chi connectivity index (χ0n) is 7.24. The van der Waals surface area contributed by atoms with Gasteiger partial charge in [-0.3, -0.25) is 9.00 Å². The van der Waals surface area contributed by atoms with E-state index in [1.165, 1.54) is 0 Å². The van der Waals surface area contributed by atoms with Crippen LogP contribution in [-0.4, -0.2) is 27.1 Å². The Morgan fingerprint density at radius 1 is 1.67 bits per heavy atom. The largest absolute Gasteiger partial charge is 0.772 e. The van der Waals surface area contributed by atoms with Crippen molar-refractivity contribution in [1.29, 1.82) is 0 Å². The van der Waals surface area contributed by atoms with E-state index in [1.54, 1.807) is 13.8 Å². The molecule has 0 bridgehead atoms. The Morgan fingerprint density at radius 2 is 2.25 bits per heavy atom. The molecule has 0 radical (unpaired) electrons. The first-order chi connectivity index (χ1) is 5.57. The smallest absolute Gasteiger partial charge is 0.308 e. The molecule has 0 fully saturated rings. The summed E-state index contributed by atoms with van der Waals surface area (Å²) in [6, 6.07) is 0. The van der Waals surface area contributed by atoms with Gasteiger partial charge in [-0.05, 0) is 13.3 Å². The lowest BCUT2D eigenvalue weighted by Crippen LogP contribution is -2.16. The third kappa shape index (κ3) is 5.26. The Morgan fingerprint density at radius 3 is 2.67 bits per heavy atom. The molecule has 0 aromatic heterocycles. The molecular weight excluding hydrogens is 180 g/mol. The van der Waals surface area contributed by atoms with Crippen LogP contribution in [0.5, 0.6) is 0 Å². The fraction of sp³-hybridized carbons (Fsp3) is 0.857. The van der Waals surface area contributed by atoms with Crippen LogP contribution < -0.4 is 0 Å². The minimum absolute atomic E-state index is 0.0139. The second-order valence-corrected chi connectivity index (χ2v) is 3.47. The van der Waals surface area contributed by atoms with Gasteiger partial charge in [0.2, 0.25) is 0 Å². The zero-order valence-corrected chi connectivity index (χ0v) is 8.06. The first-order valence-electron chi connectivity index (χ1n) is 3.80. The number of carbonyl (C=O) groups is 1. The summed E-state index contributed by atoms with van der Waals surface area (Å²) >= 11 is -2.06. The summed E-state index contributed by atoms with van der Waals surface area (Å²) < 4.78 is 25.0. The molecule has 0 aliphatic carbocycles. The van der Waals surface area contributed by atoms with E-state index in [-0.39, 0.29) is 17.6 Å². The van der Waals surface area contributed by atoms with Gasteiger partial charge < -0.3 is 9.29 Å². The van der Waals surface area contributed by atoms with Crippen molar-refractivity contribution in [2.24, 2.45) is 5.92 Å². The van der Waals surface area contributed by atoms with Crippen molar-refractivity contribution in [1.82, 2.24) is 0 Å². The van der Waals surface area contributed by atoms with Crippen LogP contribution in [0, 0.1) is 5.92 Å². The summed E-state index contributed by atoms with van der Waals surface area (Å²) in [7, 11) is 0. The summed E-state index contributed by atoms with van der Waals surface area (Å²) in [5, 5.41) is 0. The van der Waals surface area contributed by atoms with Crippen LogP contribution in [-0.2, 0) is 20.6 Å². The summed E-state index contributed by atoms with van der Waals surface area (Å²) in [6.07, 6.45) is 0.328. The van der Waals surface area contributed by atoms with Crippen LogP contribution in [0.2, 0.25) is 0 Å². The fourth-order valence-electron chi connectivity index (χ4n) is 0.675. The van der Waals surface area contributed by atoms with Crippen molar-refractivity contribution >= 4 is 17.0 Å². The SMILES string of the molecule is CCOC(=O)C(C)CCS(=O)[O-]. The summed E-state index contributed by atoms with van der Waals surface area (Å²) in [5.74, 6) is -0.647. The van der Waals surface area contributed by atoms with Crippen molar-refractivity contribution in [3.05, 3.63) is 0 Å². The highest BCUT2D eigenvalue weighted by Gasteiger charge is 2.12. The predicted octanol–water partition coefficient (Wildman–Crippen LogP) is 0.455. The van der Waals surface area contributed by atoms with Crippen molar-refractivity contribution < 1.29 is 18.3 Å². The molecule has 0 saturated carbocycles. The van der Waals surface area contributed by atoms with E-state index in [2.05, 4.69) is 0 Å². The molecule has 0 aliphatic heterocycles. The maximum Gasteiger partial charge on any atom is 0.308 e. The second-order valence-electron chi connectivity index (χ2n) is 2.45. The second kappa shape index (κ2) is 6.14. The van der Waals surface area contributed by atoms with Crippen molar-refractivity contribution in [2.75, 3.05) is 12.4 Å². The Balaban J connectivity index is 3.63. The van der Waals surface area contributed by atoms with Gasteiger partial charge in [-0.1, -0.05) is 18.0 Å². The van der Waals surface area contributed by atoms with Gasteiger partial charge in [0.1, 0.15) is 0 Å². The van der Waals surface area contributed by atoms with Gasteiger partial charge in [-0.25, -0.2) is 0 Å². The molecule has 12 heavy (non-hydrogen) atoms. The van der Waals surface area contributed by atoms with E-state index >= 15 is 0 Å². The number of ether oxygens (including phenoxy) is 1. The third-order valence-electron chi connectivity index (χ3n) is 1.41. The average Bonchev–Trinajstić information content (AvgIpc) is 2.00. The minimum atomic E-state index is -2.06. The molecule has 4 nitrogen and oxygen atoms in total. The number of hydrogen-bond acceptors (Lipinski definition) is 4. The highest BCUT2D eigenvalue weighted by Crippen LogP contribution is 2.04. The van der Waals surface area contributed by atoms with Crippen LogP contribution in [0.25, 0.3) is 0 Å². The minimum Gasteiger partial charge on any atom is -0.772 e. The van der Waals surface area contributed by atoms with Crippen molar-refractivity contribution in [3.63, 3.8) is 0 Å².